The van der Waals surface area contributed by atoms with Crippen molar-refractivity contribution in [3.05, 3.63) is 29.8 Å². The molecule has 1 saturated heterocycles. The number of carbonyl (C=O) groups excluding carboxylic acids is 1. The summed E-state index contributed by atoms with van der Waals surface area (Å²) < 4.78 is 5.48. The van der Waals surface area contributed by atoms with Crippen LogP contribution < -0.4 is 5.32 Å². The van der Waals surface area contributed by atoms with E-state index in [9.17, 15) is 4.79 Å². The summed E-state index contributed by atoms with van der Waals surface area (Å²) >= 11 is 1.72. The number of ether oxygens (including phenoxy) is 1. The number of carbonyl (C=O) groups is 1. The Labute approximate surface area is 119 Å². The van der Waals surface area contributed by atoms with Crippen molar-refractivity contribution in [1.82, 2.24) is 5.32 Å². The number of benzene rings is 1. The van der Waals surface area contributed by atoms with Crippen LogP contribution in [0.1, 0.15) is 37.8 Å². The van der Waals surface area contributed by atoms with Crippen molar-refractivity contribution < 1.29 is 9.53 Å². The van der Waals surface area contributed by atoms with E-state index in [1.54, 1.807) is 11.8 Å². The van der Waals surface area contributed by atoms with E-state index in [0.29, 0.717) is 6.42 Å². The van der Waals surface area contributed by atoms with Crippen LogP contribution in [0.3, 0.4) is 0 Å². The summed E-state index contributed by atoms with van der Waals surface area (Å²) in [6, 6.07) is 8.36. The minimum atomic E-state index is 0.0461. The molecule has 0 radical (unpaired) electrons. The molecule has 1 fully saturated rings. The van der Waals surface area contributed by atoms with Gasteiger partial charge in [0.25, 0.3) is 0 Å². The molecule has 1 aromatic rings. The van der Waals surface area contributed by atoms with Gasteiger partial charge in [0.05, 0.1) is 18.6 Å². The lowest BCUT2D eigenvalue weighted by Crippen LogP contribution is -2.29. The van der Waals surface area contributed by atoms with Crippen molar-refractivity contribution in [2.24, 2.45) is 0 Å². The zero-order chi connectivity index (χ0) is 13.7. The molecule has 2 rings (SSSR count). The highest BCUT2D eigenvalue weighted by atomic mass is 32.2. The standard InChI is InChI=1S/C15H21NO2S/c1-11(12-5-7-14(19-2)8-6-12)16-15(17)10-13-4-3-9-18-13/h5-8,11,13H,3-4,9-10H2,1-2H3,(H,16,17)/t11-,13-/m0/s1. The van der Waals surface area contributed by atoms with Gasteiger partial charge in [-0.25, -0.2) is 0 Å². The van der Waals surface area contributed by atoms with Gasteiger partial charge in [0.2, 0.25) is 5.91 Å². The van der Waals surface area contributed by atoms with Gasteiger partial charge >= 0.3 is 0 Å². The Kier molecular flexibility index (Phi) is 5.28. The van der Waals surface area contributed by atoms with E-state index in [0.717, 1.165) is 25.0 Å². The molecule has 0 spiro atoms. The molecule has 1 amide bonds. The third-order valence-corrected chi connectivity index (χ3v) is 4.17. The monoisotopic (exact) mass is 279 g/mol. The summed E-state index contributed by atoms with van der Waals surface area (Å²) in [7, 11) is 0. The highest BCUT2D eigenvalue weighted by molar-refractivity contribution is 7.98. The summed E-state index contributed by atoms with van der Waals surface area (Å²) in [5.74, 6) is 0.0772. The topological polar surface area (TPSA) is 38.3 Å². The minimum Gasteiger partial charge on any atom is -0.378 e. The molecule has 0 saturated carbocycles. The molecule has 1 heterocycles. The zero-order valence-electron chi connectivity index (χ0n) is 11.5. The van der Waals surface area contributed by atoms with Crippen LogP contribution in [0.4, 0.5) is 0 Å². The Morgan fingerprint density at radius 3 is 2.79 bits per heavy atom. The summed E-state index contributed by atoms with van der Waals surface area (Å²) in [5.41, 5.74) is 1.14. The lowest BCUT2D eigenvalue weighted by Gasteiger charge is -2.16. The third kappa shape index (κ3) is 4.25. The number of thioether (sulfide) groups is 1. The maximum Gasteiger partial charge on any atom is 0.223 e. The molecule has 2 atom stereocenters. The van der Waals surface area contributed by atoms with Crippen molar-refractivity contribution in [3.8, 4) is 0 Å². The summed E-state index contributed by atoms with van der Waals surface area (Å²) in [6.07, 6.45) is 4.73. The van der Waals surface area contributed by atoms with Crippen LogP contribution in [0.15, 0.2) is 29.2 Å². The molecule has 4 heteroatoms. The molecule has 1 aliphatic rings. The molecular weight excluding hydrogens is 258 g/mol. The fourth-order valence-corrected chi connectivity index (χ4v) is 2.70. The van der Waals surface area contributed by atoms with Gasteiger partial charge < -0.3 is 10.1 Å². The highest BCUT2D eigenvalue weighted by Crippen LogP contribution is 2.20. The van der Waals surface area contributed by atoms with E-state index in [4.69, 9.17) is 4.74 Å². The van der Waals surface area contributed by atoms with E-state index < -0.39 is 0 Å². The van der Waals surface area contributed by atoms with E-state index in [1.807, 2.05) is 6.92 Å². The van der Waals surface area contributed by atoms with Gasteiger partial charge in [0.1, 0.15) is 0 Å². The molecule has 0 aromatic heterocycles. The van der Waals surface area contributed by atoms with E-state index in [1.165, 1.54) is 4.90 Å². The van der Waals surface area contributed by atoms with Crippen LogP contribution in [0.5, 0.6) is 0 Å². The maximum atomic E-state index is 11.9. The fourth-order valence-electron chi connectivity index (χ4n) is 2.29. The quantitative estimate of drug-likeness (QED) is 0.841. The number of amides is 1. The van der Waals surface area contributed by atoms with Gasteiger partial charge in [-0.2, -0.15) is 0 Å². The molecule has 1 aromatic carbocycles. The Morgan fingerprint density at radius 2 is 2.21 bits per heavy atom. The first kappa shape index (κ1) is 14.4. The molecule has 0 aliphatic carbocycles. The normalized spacial score (nSPS) is 20.2. The second kappa shape index (κ2) is 6.96. The van der Waals surface area contributed by atoms with Crippen LogP contribution in [0.25, 0.3) is 0 Å². The number of rotatable bonds is 5. The molecule has 104 valence electrons. The molecule has 1 aliphatic heterocycles. The Bertz CT molecular complexity index is 413. The molecular formula is C15H21NO2S. The lowest BCUT2D eigenvalue weighted by atomic mass is 10.1. The fraction of sp³-hybridized carbons (Fsp3) is 0.533. The second-order valence-electron chi connectivity index (χ2n) is 4.90. The van der Waals surface area contributed by atoms with Crippen LogP contribution in [-0.4, -0.2) is 24.9 Å². The molecule has 0 bridgehead atoms. The summed E-state index contributed by atoms with van der Waals surface area (Å²) in [5, 5.41) is 3.03. The van der Waals surface area contributed by atoms with E-state index in [-0.39, 0.29) is 18.1 Å². The second-order valence-corrected chi connectivity index (χ2v) is 5.78. The first-order chi connectivity index (χ1) is 9.19. The number of nitrogens with one attached hydrogen (secondary N) is 1. The number of hydrogen-bond donors (Lipinski definition) is 1. The summed E-state index contributed by atoms with van der Waals surface area (Å²) in [4.78, 5) is 13.1. The van der Waals surface area contributed by atoms with E-state index >= 15 is 0 Å². The van der Waals surface area contributed by atoms with Crippen LogP contribution in [0.2, 0.25) is 0 Å². The van der Waals surface area contributed by atoms with Crippen molar-refractivity contribution in [2.45, 2.75) is 43.2 Å². The average molecular weight is 279 g/mol. The average Bonchev–Trinajstić information content (AvgIpc) is 2.91. The lowest BCUT2D eigenvalue weighted by molar-refractivity contribution is -0.123. The Hall–Kier alpha value is -1.00. The molecule has 1 N–H and O–H groups in total. The zero-order valence-corrected chi connectivity index (χ0v) is 12.3. The van der Waals surface area contributed by atoms with Gasteiger partial charge in [0, 0.05) is 11.5 Å². The van der Waals surface area contributed by atoms with E-state index in [2.05, 4.69) is 35.8 Å². The largest absolute Gasteiger partial charge is 0.378 e. The van der Waals surface area contributed by atoms with Gasteiger partial charge in [-0.3, -0.25) is 4.79 Å². The first-order valence-corrected chi connectivity index (χ1v) is 7.96. The first-order valence-electron chi connectivity index (χ1n) is 6.74. The SMILES string of the molecule is CSc1ccc([C@H](C)NC(=O)C[C@@H]2CCCO2)cc1. The van der Waals surface area contributed by atoms with Crippen molar-refractivity contribution in [3.63, 3.8) is 0 Å². The van der Waals surface area contributed by atoms with Crippen LogP contribution in [-0.2, 0) is 9.53 Å². The van der Waals surface area contributed by atoms with Gasteiger partial charge in [-0.05, 0) is 43.7 Å². The van der Waals surface area contributed by atoms with Crippen molar-refractivity contribution >= 4 is 17.7 Å². The number of hydrogen-bond acceptors (Lipinski definition) is 3. The van der Waals surface area contributed by atoms with Crippen LogP contribution >= 0.6 is 11.8 Å². The van der Waals surface area contributed by atoms with Crippen LogP contribution in [0, 0.1) is 0 Å². The Morgan fingerprint density at radius 1 is 1.47 bits per heavy atom. The summed E-state index contributed by atoms with van der Waals surface area (Å²) in [6.45, 7) is 2.81. The van der Waals surface area contributed by atoms with Gasteiger partial charge in [0.15, 0.2) is 0 Å². The van der Waals surface area contributed by atoms with Gasteiger partial charge in [-0.15, -0.1) is 11.8 Å². The third-order valence-electron chi connectivity index (χ3n) is 3.43. The maximum absolute atomic E-state index is 11.9. The molecule has 3 nitrogen and oxygen atoms in total. The molecule has 0 unspecified atom stereocenters. The van der Waals surface area contributed by atoms with Gasteiger partial charge in [-0.1, -0.05) is 12.1 Å². The van der Waals surface area contributed by atoms with Crippen molar-refractivity contribution in [1.29, 1.82) is 0 Å². The molecule has 19 heavy (non-hydrogen) atoms. The highest BCUT2D eigenvalue weighted by Gasteiger charge is 2.20. The van der Waals surface area contributed by atoms with Crippen molar-refractivity contribution in [2.75, 3.05) is 12.9 Å². The predicted molar refractivity (Wildman–Crippen MR) is 78.4 cm³/mol. The predicted octanol–water partition coefficient (Wildman–Crippen LogP) is 3.15. The smallest absolute Gasteiger partial charge is 0.223 e. The minimum absolute atomic E-state index is 0.0461. The Balaban J connectivity index is 1.84.